The van der Waals surface area contributed by atoms with Crippen molar-refractivity contribution in [3.05, 3.63) is 59.7 Å². The van der Waals surface area contributed by atoms with E-state index in [0.717, 1.165) is 17.8 Å². The lowest BCUT2D eigenvalue weighted by Crippen LogP contribution is -2.14. The molecule has 0 aliphatic heterocycles. The predicted octanol–water partition coefficient (Wildman–Crippen LogP) is 2.79. The summed E-state index contributed by atoms with van der Waals surface area (Å²) in [5.41, 5.74) is 0.750. The highest BCUT2D eigenvalue weighted by molar-refractivity contribution is 5.25. The van der Waals surface area contributed by atoms with E-state index < -0.39 is 11.7 Å². The molecule has 2 rings (SSSR count). The average molecular weight is 267 g/mol. The van der Waals surface area contributed by atoms with Crippen LogP contribution >= 0.6 is 0 Å². The molecule has 0 spiro atoms. The van der Waals surface area contributed by atoms with Crippen LogP contribution in [0.2, 0.25) is 0 Å². The first-order valence-corrected chi connectivity index (χ1v) is 5.67. The first-order valence-electron chi connectivity index (χ1n) is 5.67. The van der Waals surface area contributed by atoms with Gasteiger partial charge in [-0.05, 0) is 17.7 Å². The van der Waals surface area contributed by atoms with Crippen molar-refractivity contribution in [3.63, 3.8) is 0 Å². The van der Waals surface area contributed by atoms with Crippen LogP contribution in [0.1, 0.15) is 16.8 Å². The molecule has 1 aromatic carbocycles. The second-order valence-electron chi connectivity index (χ2n) is 4.00. The summed E-state index contributed by atoms with van der Waals surface area (Å²) in [5.74, 6) is 0. The van der Waals surface area contributed by atoms with Crippen LogP contribution in [0.25, 0.3) is 0 Å². The number of hydrogen-bond donors (Lipinski definition) is 1. The van der Waals surface area contributed by atoms with Gasteiger partial charge in [-0.15, -0.1) is 0 Å². The van der Waals surface area contributed by atoms with Crippen molar-refractivity contribution < 1.29 is 13.2 Å². The Morgan fingerprint density at radius 1 is 1.11 bits per heavy atom. The van der Waals surface area contributed by atoms with Crippen LogP contribution in [0, 0.1) is 0 Å². The van der Waals surface area contributed by atoms with Crippen molar-refractivity contribution in [3.8, 4) is 0 Å². The highest BCUT2D eigenvalue weighted by Crippen LogP contribution is 2.29. The van der Waals surface area contributed by atoms with E-state index in [9.17, 15) is 13.2 Å². The highest BCUT2D eigenvalue weighted by atomic mass is 19.4. The van der Waals surface area contributed by atoms with Gasteiger partial charge in [-0.2, -0.15) is 13.2 Å². The van der Waals surface area contributed by atoms with Gasteiger partial charge in [0, 0.05) is 19.3 Å². The second kappa shape index (κ2) is 5.79. The summed E-state index contributed by atoms with van der Waals surface area (Å²) in [6.45, 7) is 0.840. The Hall–Kier alpha value is -1.95. The quantitative estimate of drug-likeness (QED) is 0.925. The summed E-state index contributed by atoms with van der Waals surface area (Å²) in [7, 11) is 0. The van der Waals surface area contributed by atoms with Crippen LogP contribution < -0.4 is 5.32 Å². The lowest BCUT2D eigenvalue weighted by Gasteiger charge is -2.09. The van der Waals surface area contributed by atoms with Crippen LogP contribution in [0.3, 0.4) is 0 Å². The molecule has 0 saturated heterocycles. The van der Waals surface area contributed by atoms with E-state index in [-0.39, 0.29) is 0 Å². The Kier molecular flexibility index (Phi) is 4.11. The predicted molar refractivity (Wildman–Crippen MR) is 64.0 cm³/mol. The minimum Gasteiger partial charge on any atom is -0.307 e. The van der Waals surface area contributed by atoms with Crippen molar-refractivity contribution in [2.75, 3.05) is 0 Å². The van der Waals surface area contributed by atoms with Gasteiger partial charge in [0.05, 0.1) is 11.3 Å². The maximum absolute atomic E-state index is 12.5. The molecule has 6 heteroatoms. The fourth-order valence-electron chi connectivity index (χ4n) is 1.62. The van der Waals surface area contributed by atoms with Crippen molar-refractivity contribution >= 4 is 0 Å². The van der Waals surface area contributed by atoms with Crippen molar-refractivity contribution in [2.24, 2.45) is 0 Å². The van der Waals surface area contributed by atoms with Gasteiger partial charge in [-0.3, -0.25) is 0 Å². The number of halogens is 3. The standard InChI is InChI=1S/C13H12F3N3/c14-13(15,16)11-3-1-2-10(6-11)7-18-8-12-4-5-17-9-19-12/h1-6,9,18H,7-8H2. The molecule has 0 saturated carbocycles. The Bertz CT molecular complexity index is 526. The van der Waals surface area contributed by atoms with Crippen LogP contribution in [-0.2, 0) is 19.3 Å². The van der Waals surface area contributed by atoms with E-state index in [0.29, 0.717) is 18.7 Å². The highest BCUT2D eigenvalue weighted by Gasteiger charge is 2.30. The maximum Gasteiger partial charge on any atom is 0.416 e. The molecule has 1 N–H and O–H groups in total. The Morgan fingerprint density at radius 3 is 2.63 bits per heavy atom. The van der Waals surface area contributed by atoms with Crippen molar-refractivity contribution in [2.45, 2.75) is 19.3 Å². The first kappa shape index (κ1) is 13.5. The first-order chi connectivity index (χ1) is 9.05. The van der Waals surface area contributed by atoms with E-state index in [2.05, 4.69) is 15.3 Å². The monoisotopic (exact) mass is 267 g/mol. The van der Waals surface area contributed by atoms with Gasteiger partial charge in [0.2, 0.25) is 0 Å². The smallest absolute Gasteiger partial charge is 0.307 e. The molecule has 3 nitrogen and oxygen atoms in total. The number of hydrogen-bond acceptors (Lipinski definition) is 3. The largest absolute Gasteiger partial charge is 0.416 e. The normalized spacial score (nSPS) is 11.5. The molecule has 2 aromatic rings. The molecule has 1 aromatic heterocycles. The average Bonchev–Trinajstić information content (AvgIpc) is 2.39. The third-order valence-corrected chi connectivity index (χ3v) is 2.53. The second-order valence-corrected chi connectivity index (χ2v) is 4.00. The van der Waals surface area contributed by atoms with Gasteiger partial charge in [0.15, 0.2) is 0 Å². The SMILES string of the molecule is FC(F)(F)c1cccc(CNCc2ccncn2)c1. The molecule has 0 aliphatic carbocycles. The minimum atomic E-state index is -4.30. The summed E-state index contributed by atoms with van der Waals surface area (Å²) in [6.07, 6.45) is -1.25. The van der Waals surface area contributed by atoms with Crippen molar-refractivity contribution in [1.82, 2.24) is 15.3 Å². The number of nitrogens with one attached hydrogen (secondary N) is 1. The Labute approximate surface area is 108 Å². The molecule has 0 radical (unpaired) electrons. The fraction of sp³-hybridized carbons (Fsp3) is 0.231. The lowest BCUT2D eigenvalue weighted by atomic mass is 10.1. The van der Waals surface area contributed by atoms with Gasteiger partial charge < -0.3 is 5.32 Å². The maximum atomic E-state index is 12.5. The van der Waals surface area contributed by atoms with Gasteiger partial charge in [-0.25, -0.2) is 9.97 Å². The fourth-order valence-corrected chi connectivity index (χ4v) is 1.62. The molecule has 0 aliphatic rings. The van der Waals surface area contributed by atoms with E-state index in [4.69, 9.17) is 0 Å². The van der Waals surface area contributed by atoms with Gasteiger partial charge >= 0.3 is 6.18 Å². The summed E-state index contributed by atoms with van der Waals surface area (Å²) >= 11 is 0. The van der Waals surface area contributed by atoms with E-state index in [1.165, 1.54) is 12.4 Å². The molecule has 0 atom stereocenters. The number of benzene rings is 1. The zero-order chi connectivity index (χ0) is 13.7. The zero-order valence-corrected chi connectivity index (χ0v) is 9.98. The molecule has 0 amide bonds. The molecular formula is C13H12F3N3. The summed E-state index contributed by atoms with van der Waals surface area (Å²) in [6, 6.07) is 7.02. The number of nitrogens with zero attached hydrogens (tertiary/aromatic N) is 2. The third-order valence-electron chi connectivity index (χ3n) is 2.53. The zero-order valence-electron chi connectivity index (χ0n) is 9.98. The van der Waals surface area contributed by atoms with Crippen LogP contribution in [0.4, 0.5) is 13.2 Å². The van der Waals surface area contributed by atoms with E-state index >= 15 is 0 Å². The molecule has 0 unspecified atom stereocenters. The van der Waals surface area contributed by atoms with E-state index in [1.807, 2.05) is 0 Å². The summed E-state index contributed by atoms with van der Waals surface area (Å²) < 4.78 is 37.6. The van der Waals surface area contributed by atoms with Gasteiger partial charge in [0.25, 0.3) is 0 Å². The van der Waals surface area contributed by atoms with Crippen molar-refractivity contribution in [1.29, 1.82) is 0 Å². The third kappa shape index (κ3) is 4.03. The summed E-state index contributed by atoms with van der Waals surface area (Å²) in [4.78, 5) is 7.80. The molecule has 100 valence electrons. The summed E-state index contributed by atoms with van der Waals surface area (Å²) in [5, 5.41) is 3.04. The van der Waals surface area contributed by atoms with Gasteiger partial charge in [0.1, 0.15) is 6.33 Å². The molecule has 0 fully saturated rings. The Balaban J connectivity index is 1.93. The van der Waals surface area contributed by atoms with E-state index in [1.54, 1.807) is 18.3 Å². The number of alkyl halides is 3. The minimum absolute atomic E-state index is 0.355. The topological polar surface area (TPSA) is 37.8 Å². The van der Waals surface area contributed by atoms with Gasteiger partial charge in [-0.1, -0.05) is 18.2 Å². The lowest BCUT2D eigenvalue weighted by molar-refractivity contribution is -0.137. The number of rotatable bonds is 4. The Morgan fingerprint density at radius 2 is 1.95 bits per heavy atom. The van der Waals surface area contributed by atoms with Crippen LogP contribution in [0.5, 0.6) is 0 Å². The van der Waals surface area contributed by atoms with Crippen LogP contribution in [-0.4, -0.2) is 9.97 Å². The number of aromatic nitrogens is 2. The molecule has 0 bridgehead atoms. The molecule has 19 heavy (non-hydrogen) atoms. The molecule has 1 heterocycles. The molecular weight excluding hydrogens is 255 g/mol. The van der Waals surface area contributed by atoms with Crippen LogP contribution in [0.15, 0.2) is 42.9 Å².